The molecular weight excluding hydrogens is 303 g/mol. The second-order valence-corrected chi connectivity index (χ2v) is 6.41. The lowest BCUT2D eigenvalue weighted by atomic mass is 9.97. The van der Waals surface area contributed by atoms with E-state index in [4.69, 9.17) is 28.9 Å². The van der Waals surface area contributed by atoms with Crippen LogP contribution in [0.15, 0.2) is 36.4 Å². The lowest BCUT2D eigenvalue weighted by molar-refractivity contribution is 0.258. The van der Waals surface area contributed by atoms with Crippen molar-refractivity contribution < 1.29 is 0 Å². The number of halogens is 2. The molecule has 0 aromatic heterocycles. The summed E-state index contributed by atoms with van der Waals surface area (Å²) in [5.41, 5.74) is 10.7. The van der Waals surface area contributed by atoms with Gasteiger partial charge in [-0.2, -0.15) is 0 Å². The van der Waals surface area contributed by atoms with Gasteiger partial charge in [0.2, 0.25) is 0 Å². The average molecular weight is 321 g/mol. The number of hydrogen-bond donors (Lipinski definition) is 1. The van der Waals surface area contributed by atoms with Gasteiger partial charge in [0.25, 0.3) is 0 Å². The quantitative estimate of drug-likeness (QED) is 0.860. The third kappa shape index (κ3) is 3.52. The second kappa shape index (κ2) is 6.27. The van der Waals surface area contributed by atoms with Gasteiger partial charge in [0.15, 0.2) is 0 Å². The minimum absolute atomic E-state index is 0.728. The predicted molar refractivity (Wildman–Crippen MR) is 90.0 cm³/mol. The Morgan fingerprint density at radius 1 is 1.05 bits per heavy atom. The van der Waals surface area contributed by atoms with E-state index in [2.05, 4.69) is 17.0 Å². The molecule has 4 heteroatoms. The van der Waals surface area contributed by atoms with Crippen LogP contribution in [0.3, 0.4) is 0 Å². The van der Waals surface area contributed by atoms with Crippen LogP contribution < -0.4 is 5.73 Å². The Kier molecular flexibility index (Phi) is 4.39. The molecule has 2 aromatic carbocycles. The van der Waals surface area contributed by atoms with Crippen molar-refractivity contribution >= 4 is 28.9 Å². The first-order valence-corrected chi connectivity index (χ1v) is 7.91. The van der Waals surface area contributed by atoms with Crippen LogP contribution in [0.25, 0.3) is 0 Å². The molecule has 0 saturated carbocycles. The first-order valence-electron chi connectivity index (χ1n) is 7.15. The molecule has 1 heterocycles. The fourth-order valence-corrected chi connectivity index (χ4v) is 3.26. The lowest BCUT2D eigenvalue weighted by Gasteiger charge is -2.29. The number of nitrogens with two attached hydrogens (primary N) is 1. The van der Waals surface area contributed by atoms with E-state index in [0.717, 1.165) is 48.2 Å². The predicted octanol–water partition coefficient (Wildman–Crippen LogP) is 4.18. The van der Waals surface area contributed by atoms with Crippen LogP contribution in [-0.4, -0.2) is 18.0 Å². The maximum Gasteiger partial charge on any atom is 0.0429 e. The fourth-order valence-electron chi connectivity index (χ4n) is 2.88. The molecule has 110 valence electrons. The monoisotopic (exact) mass is 320 g/mol. The summed E-state index contributed by atoms with van der Waals surface area (Å²) in [7, 11) is 0. The highest BCUT2D eigenvalue weighted by Crippen LogP contribution is 2.28. The Morgan fingerprint density at radius 2 is 1.81 bits per heavy atom. The van der Waals surface area contributed by atoms with Crippen molar-refractivity contribution in [2.24, 2.45) is 0 Å². The van der Waals surface area contributed by atoms with E-state index in [-0.39, 0.29) is 0 Å². The summed E-state index contributed by atoms with van der Waals surface area (Å²) in [4.78, 5) is 2.45. The van der Waals surface area contributed by atoms with Gasteiger partial charge in [0.1, 0.15) is 0 Å². The molecule has 2 N–H and O–H groups in total. The van der Waals surface area contributed by atoms with Crippen LogP contribution in [0.1, 0.15) is 16.7 Å². The molecule has 0 radical (unpaired) electrons. The van der Waals surface area contributed by atoms with Crippen molar-refractivity contribution in [2.75, 3.05) is 18.8 Å². The van der Waals surface area contributed by atoms with Gasteiger partial charge in [-0.05, 0) is 53.8 Å². The summed E-state index contributed by atoms with van der Waals surface area (Å²) in [5.74, 6) is 0. The van der Waals surface area contributed by atoms with E-state index in [1.54, 1.807) is 0 Å². The zero-order chi connectivity index (χ0) is 14.8. The van der Waals surface area contributed by atoms with E-state index < -0.39 is 0 Å². The van der Waals surface area contributed by atoms with E-state index in [0.29, 0.717) is 0 Å². The maximum atomic E-state index is 6.11. The fraction of sp³-hybridized carbons (Fsp3) is 0.294. The number of rotatable bonds is 3. The number of hydrogen-bond acceptors (Lipinski definition) is 2. The SMILES string of the molecule is Nc1cc(Cl)cc2c1CCN(CCc1ccc(Cl)cc1)C2. The van der Waals surface area contributed by atoms with E-state index in [9.17, 15) is 0 Å². The molecule has 1 aliphatic heterocycles. The van der Waals surface area contributed by atoms with Gasteiger partial charge >= 0.3 is 0 Å². The Bertz CT molecular complexity index is 638. The van der Waals surface area contributed by atoms with Crippen LogP contribution >= 0.6 is 23.2 Å². The Labute approximate surface area is 135 Å². The molecule has 21 heavy (non-hydrogen) atoms. The Balaban J connectivity index is 1.65. The minimum Gasteiger partial charge on any atom is -0.398 e. The Morgan fingerprint density at radius 3 is 2.57 bits per heavy atom. The van der Waals surface area contributed by atoms with Gasteiger partial charge in [-0.3, -0.25) is 4.90 Å². The molecule has 1 aliphatic rings. The number of fused-ring (bicyclic) bond motifs is 1. The van der Waals surface area contributed by atoms with Gasteiger partial charge < -0.3 is 5.73 Å². The normalized spacial score (nSPS) is 15.0. The Hall–Kier alpha value is -1.22. The van der Waals surface area contributed by atoms with Crippen molar-refractivity contribution in [3.63, 3.8) is 0 Å². The topological polar surface area (TPSA) is 29.3 Å². The van der Waals surface area contributed by atoms with Crippen molar-refractivity contribution in [1.29, 1.82) is 0 Å². The molecule has 0 bridgehead atoms. The summed E-state index contributed by atoms with van der Waals surface area (Å²) in [6, 6.07) is 12.0. The molecule has 0 fully saturated rings. The molecular formula is C17H18Cl2N2. The van der Waals surface area contributed by atoms with E-state index >= 15 is 0 Å². The third-order valence-corrected chi connectivity index (χ3v) is 4.51. The lowest BCUT2D eigenvalue weighted by Crippen LogP contribution is -2.32. The smallest absolute Gasteiger partial charge is 0.0429 e. The van der Waals surface area contributed by atoms with Gasteiger partial charge in [0, 0.05) is 35.4 Å². The van der Waals surface area contributed by atoms with Crippen molar-refractivity contribution in [1.82, 2.24) is 4.90 Å². The average Bonchev–Trinajstić information content (AvgIpc) is 2.46. The standard InChI is InChI=1S/C17H18Cl2N2/c18-14-3-1-12(2-4-14)5-7-21-8-6-16-13(11-21)9-15(19)10-17(16)20/h1-4,9-10H,5-8,11,20H2. The molecule has 0 atom stereocenters. The summed E-state index contributed by atoms with van der Waals surface area (Å²) in [5, 5.41) is 1.52. The highest BCUT2D eigenvalue weighted by Gasteiger charge is 2.18. The third-order valence-electron chi connectivity index (χ3n) is 4.04. The first-order chi connectivity index (χ1) is 10.1. The van der Waals surface area contributed by atoms with Crippen molar-refractivity contribution in [2.45, 2.75) is 19.4 Å². The van der Waals surface area contributed by atoms with Crippen LogP contribution in [0.5, 0.6) is 0 Å². The van der Waals surface area contributed by atoms with Crippen LogP contribution in [0.4, 0.5) is 5.69 Å². The summed E-state index contributed by atoms with van der Waals surface area (Å²) in [6.07, 6.45) is 2.03. The highest BCUT2D eigenvalue weighted by molar-refractivity contribution is 6.31. The molecule has 0 aliphatic carbocycles. The zero-order valence-corrected chi connectivity index (χ0v) is 13.3. The summed E-state index contributed by atoms with van der Waals surface area (Å²) >= 11 is 12.0. The number of nitrogens with zero attached hydrogens (tertiary/aromatic N) is 1. The largest absolute Gasteiger partial charge is 0.398 e. The number of anilines is 1. The highest BCUT2D eigenvalue weighted by atomic mass is 35.5. The molecule has 3 rings (SSSR count). The van der Waals surface area contributed by atoms with Crippen LogP contribution in [-0.2, 0) is 19.4 Å². The maximum absolute atomic E-state index is 6.11. The van der Waals surface area contributed by atoms with E-state index in [1.807, 2.05) is 24.3 Å². The van der Waals surface area contributed by atoms with Crippen LogP contribution in [0.2, 0.25) is 10.0 Å². The van der Waals surface area contributed by atoms with Crippen LogP contribution in [0, 0.1) is 0 Å². The van der Waals surface area contributed by atoms with Gasteiger partial charge in [-0.25, -0.2) is 0 Å². The van der Waals surface area contributed by atoms with Gasteiger partial charge in [-0.15, -0.1) is 0 Å². The minimum atomic E-state index is 0.728. The summed E-state index contributed by atoms with van der Waals surface area (Å²) < 4.78 is 0. The molecule has 0 saturated heterocycles. The molecule has 2 aromatic rings. The zero-order valence-electron chi connectivity index (χ0n) is 11.8. The van der Waals surface area contributed by atoms with Crippen molar-refractivity contribution in [3.05, 3.63) is 63.1 Å². The van der Waals surface area contributed by atoms with E-state index in [1.165, 1.54) is 16.7 Å². The molecule has 0 amide bonds. The van der Waals surface area contributed by atoms with Gasteiger partial charge in [-0.1, -0.05) is 35.3 Å². The molecule has 2 nitrogen and oxygen atoms in total. The second-order valence-electron chi connectivity index (χ2n) is 5.54. The molecule has 0 spiro atoms. The van der Waals surface area contributed by atoms with Gasteiger partial charge in [0.05, 0.1) is 0 Å². The first kappa shape index (κ1) is 14.7. The van der Waals surface area contributed by atoms with Crippen molar-refractivity contribution in [3.8, 4) is 0 Å². The summed E-state index contributed by atoms with van der Waals surface area (Å²) in [6.45, 7) is 3.01. The number of nitrogen functional groups attached to an aromatic ring is 1. The number of benzene rings is 2. The molecule has 0 unspecified atom stereocenters.